The van der Waals surface area contributed by atoms with E-state index in [2.05, 4.69) is 114 Å². The highest BCUT2D eigenvalue weighted by Gasteiger charge is 2.17. The molecule has 2 nitrogen and oxygen atoms in total. The van der Waals surface area contributed by atoms with Gasteiger partial charge in [0.15, 0.2) is 0 Å². The van der Waals surface area contributed by atoms with Crippen molar-refractivity contribution in [2.45, 2.75) is 12.8 Å². The normalized spacial score (nSPS) is 11.2. The van der Waals surface area contributed by atoms with E-state index in [0.717, 1.165) is 24.0 Å². The minimum atomic E-state index is -0.662. The molecule has 3 heteroatoms. The zero-order valence-corrected chi connectivity index (χ0v) is 17.6. The molecular formula is C27H23N2P. The molecule has 2 heterocycles. The van der Waals surface area contributed by atoms with Crippen LogP contribution in [0.4, 0.5) is 0 Å². The van der Waals surface area contributed by atoms with Crippen molar-refractivity contribution in [1.82, 2.24) is 9.97 Å². The highest BCUT2D eigenvalue weighted by molar-refractivity contribution is 7.79. The van der Waals surface area contributed by atoms with Gasteiger partial charge in [-0.15, -0.1) is 0 Å². The summed E-state index contributed by atoms with van der Waals surface area (Å²) in [5, 5.41) is 3.93. The fourth-order valence-corrected chi connectivity index (χ4v) is 6.06. The molecule has 5 aromatic rings. The Labute approximate surface area is 178 Å². The summed E-state index contributed by atoms with van der Waals surface area (Å²) in [5.41, 5.74) is 4.77. The van der Waals surface area contributed by atoms with Crippen LogP contribution in [0, 0.1) is 0 Å². The molecule has 0 aliphatic carbocycles. The van der Waals surface area contributed by atoms with Crippen LogP contribution >= 0.6 is 7.92 Å². The Morgan fingerprint density at radius 1 is 0.633 bits per heavy atom. The van der Waals surface area contributed by atoms with Gasteiger partial charge in [-0.25, -0.2) is 0 Å². The second-order valence-electron chi connectivity index (χ2n) is 7.38. The van der Waals surface area contributed by atoms with Crippen LogP contribution in [0.5, 0.6) is 0 Å². The van der Waals surface area contributed by atoms with E-state index in [1.54, 1.807) is 0 Å². The Morgan fingerprint density at radius 2 is 1.30 bits per heavy atom. The highest BCUT2D eigenvalue weighted by Crippen LogP contribution is 2.31. The number of nitrogens with zero attached hydrogens (tertiary/aromatic N) is 1. The van der Waals surface area contributed by atoms with Crippen molar-refractivity contribution in [2.75, 3.05) is 0 Å². The molecule has 0 atom stereocenters. The fraction of sp³-hybridized carbons (Fsp3) is 0.0741. The summed E-state index contributed by atoms with van der Waals surface area (Å²) in [6.07, 6.45) is 1.88. The summed E-state index contributed by atoms with van der Waals surface area (Å²) in [7, 11) is -0.662. The second kappa shape index (κ2) is 8.65. The average Bonchev–Trinajstić information content (AvgIpc) is 3.23. The van der Waals surface area contributed by atoms with Gasteiger partial charge in [0.25, 0.3) is 0 Å². The van der Waals surface area contributed by atoms with E-state index >= 15 is 0 Å². The maximum atomic E-state index is 5.11. The summed E-state index contributed by atoms with van der Waals surface area (Å²) < 4.78 is 0. The van der Waals surface area contributed by atoms with Gasteiger partial charge in [0.2, 0.25) is 0 Å². The van der Waals surface area contributed by atoms with Crippen LogP contribution in [0.3, 0.4) is 0 Å². The first-order valence-corrected chi connectivity index (χ1v) is 11.6. The topological polar surface area (TPSA) is 28.7 Å². The van der Waals surface area contributed by atoms with E-state index in [-0.39, 0.29) is 0 Å². The number of aryl methyl sites for hydroxylation is 2. The molecule has 0 aliphatic heterocycles. The molecule has 0 spiro atoms. The summed E-state index contributed by atoms with van der Waals surface area (Å²) >= 11 is 0. The molecule has 0 radical (unpaired) electrons. The lowest BCUT2D eigenvalue weighted by Gasteiger charge is -2.18. The largest absolute Gasteiger partial charge is 0.358 e. The van der Waals surface area contributed by atoms with Gasteiger partial charge in [-0.05, 0) is 53.1 Å². The predicted octanol–water partition coefficient (Wildman–Crippen LogP) is 5.11. The van der Waals surface area contributed by atoms with Crippen LogP contribution in [0.1, 0.15) is 11.4 Å². The third kappa shape index (κ3) is 4.06. The summed E-state index contributed by atoms with van der Waals surface area (Å²) in [6.45, 7) is 0. The molecule has 1 N–H and O–H groups in total. The molecular weight excluding hydrogens is 383 g/mol. The van der Waals surface area contributed by atoms with Gasteiger partial charge in [-0.2, -0.15) is 0 Å². The summed E-state index contributed by atoms with van der Waals surface area (Å²) in [6, 6.07) is 38.7. The summed E-state index contributed by atoms with van der Waals surface area (Å²) in [5.74, 6) is 0. The fourth-order valence-electron chi connectivity index (χ4n) is 3.83. The van der Waals surface area contributed by atoms with Crippen molar-refractivity contribution in [3.05, 3.63) is 121 Å². The molecule has 0 fully saturated rings. The molecule has 0 saturated carbocycles. The third-order valence-corrected chi connectivity index (χ3v) is 7.62. The SMILES string of the molecule is c1ccc(P(c2ccccc2)c2cccc(CCc3cc4ccccc4[nH]3)n2)cc1. The van der Waals surface area contributed by atoms with Crippen molar-refractivity contribution in [3.63, 3.8) is 0 Å². The average molecular weight is 406 g/mol. The number of aromatic nitrogens is 2. The first-order valence-electron chi connectivity index (χ1n) is 10.3. The molecule has 146 valence electrons. The molecule has 0 saturated heterocycles. The monoisotopic (exact) mass is 406 g/mol. The van der Waals surface area contributed by atoms with Crippen LogP contribution in [0.25, 0.3) is 10.9 Å². The van der Waals surface area contributed by atoms with Gasteiger partial charge in [-0.3, -0.25) is 4.98 Å². The van der Waals surface area contributed by atoms with E-state index in [9.17, 15) is 0 Å². The zero-order chi connectivity index (χ0) is 20.2. The van der Waals surface area contributed by atoms with Gasteiger partial charge in [0.05, 0.1) is 5.44 Å². The van der Waals surface area contributed by atoms with Crippen molar-refractivity contribution in [1.29, 1.82) is 0 Å². The number of rotatable bonds is 6. The molecule has 2 aromatic heterocycles. The Bertz CT molecular complexity index is 1170. The summed E-state index contributed by atoms with van der Waals surface area (Å²) in [4.78, 5) is 8.64. The van der Waals surface area contributed by atoms with Crippen LogP contribution in [0.2, 0.25) is 0 Å². The predicted molar refractivity (Wildman–Crippen MR) is 129 cm³/mol. The minimum Gasteiger partial charge on any atom is -0.358 e. The Hall–Kier alpha value is -3.22. The molecule has 30 heavy (non-hydrogen) atoms. The van der Waals surface area contributed by atoms with Gasteiger partial charge in [0, 0.05) is 24.8 Å². The van der Waals surface area contributed by atoms with Gasteiger partial charge in [-0.1, -0.05) is 84.9 Å². The molecule has 0 amide bonds. The van der Waals surface area contributed by atoms with Crippen LogP contribution < -0.4 is 16.0 Å². The van der Waals surface area contributed by atoms with E-state index < -0.39 is 7.92 Å². The van der Waals surface area contributed by atoms with E-state index in [0.29, 0.717) is 0 Å². The van der Waals surface area contributed by atoms with Crippen LogP contribution in [0.15, 0.2) is 109 Å². The Morgan fingerprint density at radius 3 is 2.00 bits per heavy atom. The number of fused-ring (bicyclic) bond motifs is 1. The standard InChI is InChI=1S/C27H23N2P/c1-3-12-24(13-4-1)30(25-14-5-2-6-15-25)27-17-9-11-22(29-27)18-19-23-20-21-10-7-8-16-26(21)28-23/h1-17,20,28H,18-19H2. The number of H-pyrrole nitrogens is 1. The second-order valence-corrected chi connectivity index (χ2v) is 9.54. The first-order chi connectivity index (χ1) is 14.9. The van der Waals surface area contributed by atoms with Crippen molar-refractivity contribution in [3.8, 4) is 0 Å². The number of aromatic amines is 1. The minimum absolute atomic E-state index is 0.662. The maximum Gasteiger partial charge on any atom is 0.0724 e. The number of hydrogen-bond acceptors (Lipinski definition) is 1. The maximum absolute atomic E-state index is 5.11. The van der Waals surface area contributed by atoms with Gasteiger partial charge >= 0.3 is 0 Å². The molecule has 5 rings (SSSR count). The van der Waals surface area contributed by atoms with Gasteiger partial charge in [0.1, 0.15) is 0 Å². The highest BCUT2D eigenvalue weighted by atomic mass is 31.1. The molecule has 3 aromatic carbocycles. The van der Waals surface area contributed by atoms with E-state index in [1.807, 2.05) is 0 Å². The number of benzene rings is 3. The molecule has 0 unspecified atom stereocenters. The Balaban J connectivity index is 1.43. The van der Waals surface area contributed by atoms with Crippen LogP contribution in [-0.2, 0) is 12.8 Å². The molecule has 0 bridgehead atoms. The number of para-hydroxylation sites is 1. The van der Waals surface area contributed by atoms with E-state index in [1.165, 1.54) is 27.2 Å². The number of hydrogen-bond donors (Lipinski definition) is 1. The lowest BCUT2D eigenvalue weighted by atomic mass is 10.1. The lowest BCUT2D eigenvalue weighted by molar-refractivity contribution is 0.897. The van der Waals surface area contributed by atoms with Crippen molar-refractivity contribution in [2.24, 2.45) is 0 Å². The number of pyridine rings is 1. The molecule has 0 aliphatic rings. The van der Waals surface area contributed by atoms with Crippen LogP contribution in [-0.4, -0.2) is 9.97 Å². The van der Waals surface area contributed by atoms with Crippen molar-refractivity contribution >= 4 is 34.9 Å². The quantitative estimate of drug-likeness (QED) is 0.390. The van der Waals surface area contributed by atoms with Crippen molar-refractivity contribution < 1.29 is 0 Å². The Kier molecular flexibility index (Phi) is 5.42. The number of nitrogens with one attached hydrogen (secondary N) is 1. The lowest BCUT2D eigenvalue weighted by Crippen LogP contribution is -2.23. The smallest absolute Gasteiger partial charge is 0.0724 e. The first kappa shape index (κ1) is 18.8. The third-order valence-electron chi connectivity index (χ3n) is 5.29. The van der Waals surface area contributed by atoms with Gasteiger partial charge < -0.3 is 4.98 Å². The van der Waals surface area contributed by atoms with E-state index in [4.69, 9.17) is 4.98 Å². The zero-order valence-electron chi connectivity index (χ0n) is 16.7.